The number of amides is 1. The van der Waals surface area contributed by atoms with Gasteiger partial charge in [0.1, 0.15) is 17.7 Å². The molecule has 0 bridgehead atoms. The predicted octanol–water partition coefficient (Wildman–Crippen LogP) is 3.03. The van der Waals surface area contributed by atoms with E-state index in [9.17, 15) is 13.6 Å². The van der Waals surface area contributed by atoms with Crippen LogP contribution < -0.4 is 0 Å². The highest BCUT2D eigenvalue weighted by Crippen LogP contribution is 2.22. The largest absolute Gasteiger partial charge is 0.391 e. The molecule has 0 aromatic heterocycles. The van der Waals surface area contributed by atoms with Gasteiger partial charge in [-0.1, -0.05) is 17.3 Å². The van der Waals surface area contributed by atoms with Gasteiger partial charge in [-0.2, -0.15) is 0 Å². The van der Waals surface area contributed by atoms with Gasteiger partial charge >= 0.3 is 0 Å². The van der Waals surface area contributed by atoms with Crippen molar-refractivity contribution in [2.45, 2.75) is 31.8 Å². The first-order valence-corrected chi connectivity index (χ1v) is 7.74. The lowest BCUT2D eigenvalue weighted by atomic mass is 10.0. The third kappa shape index (κ3) is 3.75. The first kappa shape index (κ1) is 15.6. The van der Waals surface area contributed by atoms with Crippen LogP contribution in [0.5, 0.6) is 0 Å². The molecule has 2 heterocycles. The summed E-state index contributed by atoms with van der Waals surface area (Å²) in [6.45, 7) is 1.42. The van der Waals surface area contributed by atoms with Crippen LogP contribution in [0.3, 0.4) is 0 Å². The number of benzene rings is 1. The molecule has 0 aliphatic carbocycles. The van der Waals surface area contributed by atoms with Crippen LogP contribution in [0, 0.1) is 11.6 Å². The second-order valence-electron chi connectivity index (χ2n) is 5.73. The number of rotatable bonds is 3. The quantitative estimate of drug-likeness (QED) is 0.803. The maximum atomic E-state index is 13.8. The summed E-state index contributed by atoms with van der Waals surface area (Å²) in [6, 6.07) is 3.35. The number of halogens is 2. The van der Waals surface area contributed by atoms with Crippen molar-refractivity contribution in [3.8, 4) is 0 Å². The molecule has 1 aromatic rings. The van der Waals surface area contributed by atoms with Gasteiger partial charge in [0.15, 0.2) is 0 Å². The van der Waals surface area contributed by atoms with Gasteiger partial charge in [-0.25, -0.2) is 8.78 Å². The second kappa shape index (κ2) is 6.89. The maximum absolute atomic E-state index is 13.8. The van der Waals surface area contributed by atoms with Crippen LogP contribution in [0.1, 0.15) is 31.2 Å². The Morgan fingerprint density at radius 3 is 2.70 bits per heavy atom. The van der Waals surface area contributed by atoms with Gasteiger partial charge in [-0.3, -0.25) is 4.79 Å². The van der Waals surface area contributed by atoms with Crippen molar-refractivity contribution >= 4 is 11.6 Å². The molecule has 0 unspecified atom stereocenters. The number of carbonyl (C=O) groups is 1. The molecule has 0 N–H and O–H groups in total. The third-order valence-corrected chi connectivity index (χ3v) is 4.03. The maximum Gasteiger partial charge on any atom is 0.226 e. The van der Waals surface area contributed by atoms with Crippen LogP contribution in [0.2, 0.25) is 0 Å². The predicted molar refractivity (Wildman–Crippen MR) is 82.0 cm³/mol. The average Bonchev–Trinajstić information content (AvgIpc) is 2.81. The molecule has 122 valence electrons. The fourth-order valence-corrected chi connectivity index (χ4v) is 2.80. The second-order valence-corrected chi connectivity index (χ2v) is 5.73. The minimum absolute atomic E-state index is 0.0229. The van der Waals surface area contributed by atoms with E-state index in [2.05, 4.69) is 17.3 Å². The Kier molecular flexibility index (Phi) is 4.69. The number of hydrogen-bond acceptors (Lipinski definition) is 3. The van der Waals surface area contributed by atoms with E-state index in [0.717, 1.165) is 18.9 Å². The zero-order chi connectivity index (χ0) is 16.2. The summed E-state index contributed by atoms with van der Waals surface area (Å²) >= 11 is 0. The molecule has 3 rings (SSSR count). The van der Waals surface area contributed by atoms with Gasteiger partial charge in [0.2, 0.25) is 5.91 Å². The smallest absolute Gasteiger partial charge is 0.226 e. The Morgan fingerprint density at radius 2 is 2.00 bits per heavy atom. The van der Waals surface area contributed by atoms with Gasteiger partial charge in [0.25, 0.3) is 0 Å². The molecule has 1 amide bonds. The van der Waals surface area contributed by atoms with E-state index < -0.39 is 17.7 Å². The lowest BCUT2D eigenvalue weighted by Crippen LogP contribution is -2.34. The zero-order valence-corrected chi connectivity index (χ0v) is 12.7. The molecule has 6 heteroatoms. The van der Waals surface area contributed by atoms with Gasteiger partial charge in [-0.15, -0.1) is 0 Å². The molecule has 23 heavy (non-hydrogen) atoms. The fraction of sp³-hybridized carbons (Fsp3) is 0.412. The van der Waals surface area contributed by atoms with E-state index in [1.54, 1.807) is 0 Å². The standard InChI is InChI=1S/C17H18F2N2O2/c18-12-5-6-14(15(19)9-12)16-10-13(23-20-16)11-17(22)21-7-3-1-2-4-8-21/h1-2,5-6,9,13H,3-4,7-8,10-11H2/t13-/m1/s1. The highest BCUT2D eigenvalue weighted by molar-refractivity contribution is 6.01. The van der Waals surface area contributed by atoms with Crippen molar-refractivity contribution in [1.29, 1.82) is 0 Å². The first-order valence-electron chi connectivity index (χ1n) is 7.74. The molecular formula is C17H18F2N2O2. The van der Waals surface area contributed by atoms with Crippen molar-refractivity contribution in [3.63, 3.8) is 0 Å². The summed E-state index contributed by atoms with van der Waals surface area (Å²) in [5.41, 5.74) is 0.637. The molecule has 4 nitrogen and oxygen atoms in total. The van der Waals surface area contributed by atoms with Crippen LogP contribution in [-0.4, -0.2) is 35.7 Å². The van der Waals surface area contributed by atoms with Crippen molar-refractivity contribution < 1.29 is 18.4 Å². The van der Waals surface area contributed by atoms with Crippen LogP contribution in [0.4, 0.5) is 8.78 Å². The number of carbonyl (C=O) groups excluding carboxylic acids is 1. The van der Waals surface area contributed by atoms with E-state index >= 15 is 0 Å². The van der Waals surface area contributed by atoms with Crippen molar-refractivity contribution in [1.82, 2.24) is 4.90 Å². The number of oxime groups is 1. The molecule has 0 spiro atoms. The highest BCUT2D eigenvalue weighted by Gasteiger charge is 2.28. The van der Waals surface area contributed by atoms with Gasteiger partial charge in [0.05, 0.1) is 12.1 Å². The van der Waals surface area contributed by atoms with E-state index in [-0.39, 0.29) is 17.9 Å². The average molecular weight is 320 g/mol. The van der Waals surface area contributed by atoms with Crippen molar-refractivity contribution in [2.75, 3.05) is 13.1 Å². The minimum Gasteiger partial charge on any atom is -0.391 e. The summed E-state index contributed by atoms with van der Waals surface area (Å²) in [6.07, 6.45) is 6.06. The van der Waals surface area contributed by atoms with Gasteiger partial charge in [-0.05, 0) is 25.0 Å². The molecule has 2 aliphatic heterocycles. The van der Waals surface area contributed by atoms with E-state index in [1.807, 2.05) is 4.90 Å². The Labute approximate surface area is 133 Å². The minimum atomic E-state index is -0.669. The fourth-order valence-electron chi connectivity index (χ4n) is 2.80. The summed E-state index contributed by atoms with van der Waals surface area (Å²) in [7, 11) is 0. The zero-order valence-electron chi connectivity index (χ0n) is 12.7. The Bertz CT molecular complexity index is 648. The molecular weight excluding hydrogens is 302 g/mol. The van der Waals surface area contributed by atoms with Crippen LogP contribution in [0.25, 0.3) is 0 Å². The first-order chi connectivity index (χ1) is 11.1. The third-order valence-electron chi connectivity index (χ3n) is 4.03. The molecule has 2 aliphatic rings. The molecule has 0 saturated carbocycles. The summed E-state index contributed by atoms with van der Waals surface area (Å²) in [5, 5.41) is 3.87. The summed E-state index contributed by atoms with van der Waals surface area (Å²) in [4.78, 5) is 19.4. The number of hydrogen-bond donors (Lipinski definition) is 0. The van der Waals surface area contributed by atoms with E-state index in [1.165, 1.54) is 12.1 Å². The van der Waals surface area contributed by atoms with Crippen molar-refractivity contribution in [3.05, 3.63) is 47.5 Å². The monoisotopic (exact) mass is 320 g/mol. The lowest BCUT2D eigenvalue weighted by Gasteiger charge is -2.21. The Morgan fingerprint density at radius 1 is 1.26 bits per heavy atom. The molecule has 0 saturated heterocycles. The van der Waals surface area contributed by atoms with E-state index in [4.69, 9.17) is 4.84 Å². The van der Waals surface area contributed by atoms with E-state index in [0.29, 0.717) is 25.2 Å². The topological polar surface area (TPSA) is 41.9 Å². The molecule has 0 fully saturated rings. The van der Waals surface area contributed by atoms with Crippen LogP contribution in [-0.2, 0) is 9.63 Å². The number of nitrogens with zero attached hydrogens (tertiary/aromatic N) is 2. The van der Waals surface area contributed by atoms with Crippen LogP contribution >= 0.6 is 0 Å². The Hall–Kier alpha value is -2.24. The molecule has 0 radical (unpaired) electrons. The molecule has 1 atom stereocenters. The Balaban J connectivity index is 1.57. The normalized spacial score (nSPS) is 20.9. The summed E-state index contributed by atoms with van der Waals surface area (Å²) < 4.78 is 26.7. The van der Waals surface area contributed by atoms with Crippen molar-refractivity contribution in [2.24, 2.45) is 5.16 Å². The SMILES string of the molecule is O=C(C[C@H]1CC(c2ccc(F)cc2F)=NO1)N1CCC=CCC1. The summed E-state index contributed by atoms with van der Waals surface area (Å²) in [5.74, 6) is -1.28. The lowest BCUT2D eigenvalue weighted by molar-refractivity contribution is -0.133. The van der Waals surface area contributed by atoms with Crippen LogP contribution in [0.15, 0.2) is 35.5 Å². The van der Waals surface area contributed by atoms with Gasteiger partial charge < -0.3 is 9.74 Å². The molecule has 1 aromatic carbocycles. The highest BCUT2D eigenvalue weighted by atomic mass is 19.1. The van der Waals surface area contributed by atoms with Gasteiger partial charge in [0, 0.05) is 31.1 Å².